The summed E-state index contributed by atoms with van der Waals surface area (Å²) in [5, 5.41) is 8.17. The second kappa shape index (κ2) is 12.5. The van der Waals surface area contributed by atoms with Crippen molar-refractivity contribution in [1.29, 1.82) is 0 Å². The molecule has 3 aromatic carbocycles. The van der Waals surface area contributed by atoms with Crippen molar-refractivity contribution in [2.24, 2.45) is 0 Å². The lowest BCUT2D eigenvalue weighted by Crippen LogP contribution is -2.11. The first-order chi connectivity index (χ1) is 16.0. The molecule has 3 rings (SSSR count). The highest BCUT2D eigenvalue weighted by molar-refractivity contribution is 9.10. The lowest BCUT2D eigenvalue weighted by atomic mass is 9.87. The molecule has 0 fully saturated rings. The first-order valence-corrected chi connectivity index (χ1v) is 11.5. The third-order valence-corrected chi connectivity index (χ3v) is 5.48. The molecule has 3 aromatic rings. The van der Waals surface area contributed by atoms with Crippen molar-refractivity contribution in [3.8, 4) is 0 Å². The number of halogens is 2. The normalized spacial score (nSPS) is 10.4. The average molecular weight is 594 g/mol. The van der Waals surface area contributed by atoms with Crippen LogP contribution in [0.25, 0.3) is 0 Å². The summed E-state index contributed by atoms with van der Waals surface area (Å²) in [4.78, 5) is 46.8. The van der Waals surface area contributed by atoms with Gasteiger partial charge in [-0.1, -0.05) is 64.8 Å². The largest absolute Gasteiger partial charge is 0.386 e. The summed E-state index contributed by atoms with van der Waals surface area (Å²) in [6.07, 6.45) is 0. The molecule has 0 aliphatic heterocycles. The van der Waals surface area contributed by atoms with Crippen LogP contribution in [0.15, 0.2) is 81.7 Å². The van der Waals surface area contributed by atoms with Gasteiger partial charge in [-0.25, -0.2) is 24.2 Å². The fourth-order valence-corrected chi connectivity index (χ4v) is 3.03. The Kier molecular flexibility index (Phi) is 9.97. The van der Waals surface area contributed by atoms with Crippen LogP contribution in [-0.4, -0.2) is 23.2 Å². The molecule has 7 nitrogen and oxygen atoms in total. The van der Waals surface area contributed by atoms with E-state index in [-0.39, 0.29) is 16.5 Å². The third kappa shape index (κ3) is 8.40. The Hall–Kier alpha value is -3.01. The van der Waals surface area contributed by atoms with Crippen molar-refractivity contribution in [2.75, 3.05) is 0 Å². The predicted octanol–water partition coefficient (Wildman–Crippen LogP) is 6.75. The highest BCUT2D eigenvalue weighted by Crippen LogP contribution is 2.22. The van der Waals surface area contributed by atoms with Gasteiger partial charge in [0.15, 0.2) is 0 Å². The van der Waals surface area contributed by atoms with E-state index in [1.165, 1.54) is 0 Å². The molecule has 0 aliphatic rings. The molecule has 0 aromatic heterocycles. The minimum absolute atomic E-state index is 0.0572. The molecular formula is C25H22Br2O7. The number of rotatable bonds is 3. The highest BCUT2D eigenvalue weighted by atomic mass is 79.9. The Labute approximate surface area is 213 Å². The predicted molar refractivity (Wildman–Crippen MR) is 132 cm³/mol. The van der Waals surface area contributed by atoms with Crippen molar-refractivity contribution in [2.45, 2.75) is 26.2 Å². The first kappa shape index (κ1) is 27.2. The van der Waals surface area contributed by atoms with Crippen LogP contribution in [0.2, 0.25) is 0 Å². The molecule has 0 aliphatic carbocycles. The molecule has 178 valence electrons. The molecule has 34 heavy (non-hydrogen) atoms. The molecule has 0 spiro atoms. The lowest BCUT2D eigenvalue weighted by molar-refractivity contribution is -0.187. The molecule has 0 heterocycles. The van der Waals surface area contributed by atoms with Crippen molar-refractivity contribution < 1.29 is 34.3 Å². The zero-order chi connectivity index (χ0) is 25.3. The Morgan fingerprint density at radius 2 is 0.941 bits per heavy atom. The Morgan fingerprint density at radius 3 is 1.26 bits per heavy atom. The summed E-state index contributed by atoms with van der Waals surface area (Å²) < 4.78 is 1.67. The molecule has 0 saturated carbocycles. The molecule has 0 saturated heterocycles. The first-order valence-electron chi connectivity index (χ1n) is 9.92. The van der Waals surface area contributed by atoms with Gasteiger partial charge in [0.25, 0.3) is 0 Å². The molecule has 0 radical (unpaired) electrons. The van der Waals surface area contributed by atoms with Gasteiger partial charge in [-0.2, -0.15) is 5.26 Å². The van der Waals surface area contributed by atoms with E-state index in [1.54, 1.807) is 60.7 Å². The Morgan fingerprint density at radius 1 is 0.618 bits per heavy atom. The van der Waals surface area contributed by atoms with E-state index in [9.17, 15) is 14.4 Å². The number of hydrogen-bond acceptors (Lipinski definition) is 7. The van der Waals surface area contributed by atoms with Crippen LogP contribution in [0.3, 0.4) is 0 Å². The monoisotopic (exact) mass is 592 g/mol. The zero-order valence-corrected chi connectivity index (χ0v) is 21.8. The quantitative estimate of drug-likeness (QED) is 0.265. The maximum absolute atomic E-state index is 11.6. The van der Waals surface area contributed by atoms with Crippen molar-refractivity contribution in [1.82, 2.24) is 0 Å². The molecular weight excluding hydrogens is 572 g/mol. The van der Waals surface area contributed by atoms with Crippen LogP contribution in [0.4, 0.5) is 0 Å². The smallest absolute Gasteiger partial charge is 0.296 e. The minimum atomic E-state index is -0.733. The van der Waals surface area contributed by atoms with Crippen LogP contribution >= 0.6 is 31.9 Å². The van der Waals surface area contributed by atoms with E-state index >= 15 is 0 Å². The van der Waals surface area contributed by atoms with Gasteiger partial charge in [-0.3, -0.25) is 4.89 Å². The summed E-state index contributed by atoms with van der Waals surface area (Å²) >= 11 is 6.50. The molecule has 1 N–H and O–H groups in total. The van der Waals surface area contributed by atoms with Gasteiger partial charge in [0, 0.05) is 8.95 Å². The van der Waals surface area contributed by atoms with Crippen molar-refractivity contribution in [3.63, 3.8) is 0 Å². The van der Waals surface area contributed by atoms with Crippen molar-refractivity contribution in [3.05, 3.63) is 104 Å². The van der Waals surface area contributed by atoms with Gasteiger partial charge in [0.1, 0.15) is 0 Å². The Bertz CT molecular complexity index is 1060. The van der Waals surface area contributed by atoms with E-state index in [1.807, 2.05) is 12.1 Å². The zero-order valence-electron chi connectivity index (χ0n) is 18.6. The highest BCUT2D eigenvalue weighted by Gasteiger charge is 2.15. The Balaban J connectivity index is 0.000000257. The number of carbonyl (C=O) groups is 3. The fraction of sp³-hybridized carbons (Fsp3) is 0.160. The second-order valence-electron chi connectivity index (χ2n) is 7.96. The summed E-state index contributed by atoms with van der Waals surface area (Å²) in [7, 11) is 0. The van der Waals surface area contributed by atoms with Crippen LogP contribution in [0.1, 0.15) is 57.4 Å². The van der Waals surface area contributed by atoms with Gasteiger partial charge in [0.2, 0.25) is 0 Å². The van der Waals surface area contributed by atoms with Crippen LogP contribution in [-0.2, 0) is 20.1 Å². The summed E-state index contributed by atoms with van der Waals surface area (Å²) in [5.41, 5.74) is 2.11. The van der Waals surface area contributed by atoms with Gasteiger partial charge in [-0.05, 0) is 71.6 Å². The standard InChI is InChI=1S/C14H8Br2O4.C11H14O3/c15-11-5-1-9(2-6-11)13(17)19-20-14(18)10-3-7-12(16)8-4-10;1-11(2,3)9-6-4-8(5-7-9)10(12)14-13/h1-8H;4-7,13H,1-3H3. The average Bonchev–Trinajstić information content (AvgIpc) is 2.82. The lowest BCUT2D eigenvalue weighted by Gasteiger charge is -2.18. The molecule has 0 unspecified atom stereocenters. The summed E-state index contributed by atoms with van der Waals surface area (Å²) in [6.45, 7) is 6.27. The number of benzene rings is 3. The minimum Gasteiger partial charge on any atom is -0.296 e. The van der Waals surface area contributed by atoms with Gasteiger partial charge in [0.05, 0.1) is 16.7 Å². The summed E-state index contributed by atoms with van der Waals surface area (Å²) in [5.74, 6) is -2.20. The summed E-state index contributed by atoms with van der Waals surface area (Å²) in [6, 6.07) is 20.0. The van der Waals surface area contributed by atoms with E-state index in [0.717, 1.165) is 14.5 Å². The third-order valence-electron chi connectivity index (χ3n) is 4.42. The van der Waals surface area contributed by atoms with Gasteiger partial charge < -0.3 is 0 Å². The van der Waals surface area contributed by atoms with E-state index in [0.29, 0.717) is 5.56 Å². The molecule has 9 heteroatoms. The second-order valence-corrected chi connectivity index (χ2v) is 9.79. The number of carbonyl (C=O) groups excluding carboxylic acids is 3. The van der Waals surface area contributed by atoms with Crippen LogP contribution < -0.4 is 0 Å². The number of hydrogen-bond donors (Lipinski definition) is 1. The van der Waals surface area contributed by atoms with E-state index in [4.69, 9.17) is 5.26 Å². The van der Waals surface area contributed by atoms with Crippen LogP contribution in [0.5, 0.6) is 0 Å². The molecule has 0 amide bonds. The van der Waals surface area contributed by atoms with Gasteiger partial charge in [-0.15, -0.1) is 0 Å². The maximum atomic E-state index is 11.6. The molecule has 0 bridgehead atoms. The van der Waals surface area contributed by atoms with E-state index in [2.05, 4.69) is 67.3 Å². The van der Waals surface area contributed by atoms with Crippen LogP contribution in [0, 0.1) is 0 Å². The van der Waals surface area contributed by atoms with Gasteiger partial charge >= 0.3 is 17.9 Å². The maximum Gasteiger partial charge on any atom is 0.386 e. The van der Waals surface area contributed by atoms with E-state index < -0.39 is 17.9 Å². The molecule has 0 atom stereocenters. The topological polar surface area (TPSA) is 99.1 Å². The van der Waals surface area contributed by atoms with Crippen molar-refractivity contribution >= 4 is 49.8 Å². The fourth-order valence-electron chi connectivity index (χ4n) is 2.50. The SMILES string of the molecule is CC(C)(C)c1ccc(C(=O)OO)cc1.O=C(OOC(=O)c1ccc(Br)cc1)c1ccc(Br)cc1.